The molecule has 2 nitrogen and oxygen atoms in total. The van der Waals surface area contributed by atoms with Crippen LogP contribution in [-0.4, -0.2) is 24.7 Å². The Labute approximate surface area is 97.0 Å². The molecule has 0 aliphatic rings. The van der Waals surface area contributed by atoms with Crippen LogP contribution in [0.5, 0.6) is 0 Å². The van der Waals surface area contributed by atoms with E-state index in [4.69, 9.17) is 5.73 Å². The third kappa shape index (κ3) is 5.04. The first kappa shape index (κ1) is 13.8. The van der Waals surface area contributed by atoms with Crippen molar-refractivity contribution < 1.29 is 17.6 Å². The summed E-state index contributed by atoms with van der Waals surface area (Å²) in [4.78, 5) is 1.50. The summed E-state index contributed by atoms with van der Waals surface area (Å²) in [6.45, 7) is 0.155. The van der Waals surface area contributed by atoms with Gasteiger partial charge in [0.05, 0.1) is 6.42 Å². The predicted octanol–water partition coefficient (Wildman–Crippen LogP) is 2.79. The number of alkyl halides is 3. The molecule has 0 aliphatic heterocycles. The van der Waals surface area contributed by atoms with Crippen molar-refractivity contribution in [3.05, 3.63) is 29.6 Å². The fraction of sp³-hybridized carbons (Fsp3) is 0.455. The van der Waals surface area contributed by atoms with Gasteiger partial charge in [-0.25, -0.2) is 4.39 Å². The quantitative estimate of drug-likeness (QED) is 0.657. The highest BCUT2D eigenvalue weighted by Gasteiger charge is 2.27. The number of nitrogens with zero attached hydrogens (tertiary/aromatic N) is 1. The molecule has 0 amide bonds. The van der Waals surface area contributed by atoms with E-state index < -0.39 is 18.4 Å². The Morgan fingerprint density at radius 2 is 1.94 bits per heavy atom. The van der Waals surface area contributed by atoms with Gasteiger partial charge in [-0.1, -0.05) is 6.07 Å². The number of hydrogen-bond donors (Lipinski definition) is 1. The predicted molar refractivity (Wildman–Crippen MR) is 57.8 cm³/mol. The van der Waals surface area contributed by atoms with Gasteiger partial charge in [-0.05, 0) is 24.7 Å². The van der Waals surface area contributed by atoms with Crippen molar-refractivity contribution in [2.24, 2.45) is 0 Å². The Bertz CT molecular complexity index is 376. The summed E-state index contributed by atoms with van der Waals surface area (Å²) in [7, 11) is 1.56. The van der Waals surface area contributed by atoms with Crippen molar-refractivity contribution in [1.82, 2.24) is 4.90 Å². The molecule has 6 heteroatoms. The van der Waals surface area contributed by atoms with Crippen LogP contribution in [0, 0.1) is 5.82 Å². The zero-order chi connectivity index (χ0) is 13.1. The summed E-state index contributed by atoms with van der Waals surface area (Å²) in [5.74, 6) is -0.454. The Morgan fingerprint density at radius 1 is 1.29 bits per heavy atom. The van der Waals surface area contributed by atoms with Gasteiger partial charge >= 0.3 is 6.18 Å². The molecule has 0 saturated carbocycles. The Morgan fingerprint density at radius 3 is 2.47 bits per heavy atom. The van der Waals surface area contributed by atoms with Crippen LogP contribution in [0.1, 0.15) is 12.0 Å². The number of anilines is 1. The lowest BCUT2D eigenvalue weighted by Gasteiger charge is -2.18. The molecule has 0 spiro atoms. The smallest absolute Gasteiger partial charge is 0.390 e. The number of nitrogens with two attached hydrogens (primary N) is 1. The average Bonchev–Trinajstić information content (AvgIpc) is 2.18. The van der Waals surface area contributed by atoms with E-state index in [1.807, 2.05) is 0 Å². The second kappa shape index (κ2) is 5.35. The molecule has 1 aromatic carbocycles. The van der Waals surface area contributed by atoms with Crippen molar-refractivity contribution in [2.75, 3.05) is 19.3 Å². The van der Waals surface area contributed by atoms with Gasteiger partial charge < -0.3 is 10.6 Å². The molecule has 0 heterocycles. The van der Waals surface area contributed by atoms with Crippen LogP contribution >= 0.6 is 0 Å². The normalized spacial score (nSPS) is 12.1. The third-order valence-corrected chi connectivity index (χ3v) is 2.33. The molecule has 0 bridgehead atoms. The van der Waals surface area contributed by atoms with Crippen molar-refractivity contribution in [3.63, 3.8) is 0 Å². The number of hydrogen-bond acceptors (Lipinski definition) is 2. The molecule has 2 N–H and O–H groups in total. The summed E-state index contributed by atoms with van der Waals surface area (Å²) in [6.07, 6.45) is -5.03. The number of rotatable bonds is 4. The minimum absolute atomic E-state index is 0.111. The minimum Gasteiger partial charge on any atom is -0.398 e. The Hall–Kier alpha value is -1.30. The monoisotopic (exact) mass is 250 g/mol. The number of nitrogen functional groups attached to an aromatic ring is 1. The molecule has 0 saturated heterocycles. The van der Waals surface area contributed by atoms with Gasteiger partial charge in [0.2, 0.25) is 0 Å². The van der Waals surface area contributed by atoms with E-state index in [0.717, 1.165) is 6.07 Å². The van der Waals surface area contributed by atoms with Crippen molar-refractivity contribution >= 4 is 5.69 Å². The highest BCUT2D eigenvalue weighted by Crippen LogP contribution is 2.21. The minimum atomic E-state index is -4.16. The second-order valence-electron chi connectivity index (χ2n) is 3.95. The highest BCUT2D eigenvalue weighted by molar-refractivity contribution is 5.46. The molecule has 0 unspecified atom stereocenters. The molecular weight excluding hydrogens is 236 g/mol. The number of halogens is 4. The molecule has 0 aromatic heterocycles. The molecule has 17 heavy (non-hydrogen) atoms. The average molecular weight is 250 g/mol. The van der Waals surface area contributed by atoms with Crippen molar-refractivity contribution in [1.29, 1.82) is 0 Å². The van der Waals surface area contributed by atoms with Gasteiger partial charge in [-0.2, -0.15) is 13.2 Å². The van der Waals surface area contributed by atoms with Crippen molar-refractivity contribution in [2.45, 2.75) is 19.1 Å². The van der Waals surface area contributed by atoms with E-state index >= 15 is 0 Å². The van der Waals surface area contributed by atoms with Crippen LogP contribution in [-0.2, 0) is 6.54 Å². The second-order valence-corrected chi connectivity index (χ2v) is 3.95. The van der Waals surface area contributed by atoms with Crippen LogP contribution in [0.2, 0.25) is 0 Å². The van der Waals surface area contributed by atoms with Crippen LogP contribution in [0.25, 0.3) is 0 Å². The fourth-order valence-corrected chi connectivity index (χ4v) is 1.40. The van der Waals surface area contributed by atoms with Gasteiger partial charge in [0, 0.05) is 18.8 Å². The van der Waals surface area contributed by atoms with E-state index in [2.05, 4.69) is 0 Å². The first-order chi connectivity index (χ1) is 7.78. The van der Waals surface area contributed by atoms with E-state index in [-0.39, 0.29) is 18.8 Å². The SMILES string of the molecule is CN(CCC(F)(F)F)Cc1ccc(F)cc1N. The van der Waals surface area contributed by atoms with Gasteiger partial charge in [0.1, 0.15) is 5.82 Å². The van der Waals surface area contributed by atoms with E-state index in [9.17, 15) is 17.6 Å². The number of benzene rings is 1. The lowest BCUT2D eigenvalue weighted by Crippen LogP contribution is -2.24. The molecule has 0 aliphatic carbocycles. The summed E-state index contributed by atoms with van der Waals surface area (Å²) < 4.78 is 48.7. The van der Waals surface area contributed by atoms with E-state index in [0.29, 0.717) is 5.56 Å². The first-order valence-corrected chi connectivity index (χ1v) is 5.07. The summed E-state index contributed by atoms with van der Waals surface area (Å²) in [5, 5.41) is 0. The summed E-state index contributed by atoms with van der Waals surface area (Å²) in [6, 6.07) is 3.88. The molecule has 1 aromatic rings. The molecule has 0 fully saturated rings. The maximum absolute atomic E-state index is 12.7. The van der Waals surface area contributed by atoms with E-state index in [1.165, 1.54) is 17.0 Å². The first-order valence-electron chi connectivity index (χ1n) is 5.07. The topological polar surface area (TPSA) is 29.3 Å². The molecule has 0 atom stereocenters. The Balaban J connectivity index is 2.53. The maximum atomic E-state index is 12.7. The van der Waals surface area contributed by atoms with Gasteiger partial charge in [-0.15, -0.1) is 0 Å². The fourth-order valence-electron chi connectivity index (χ4n) is 1.40. The van der Waals surface area contributed by atoms with Gasteiger partial charge in [0.25, 0.3) is 0 Å². The van der Waals surface area contributed by atoms with Crippen molar-refractivity contribution in [3.8, 4) is 0 Å². The standard InChI is InChI=1S/C11H14F4N2/c1-17(5-4-11(13,14)15)7-8-2-3-9(12)6-10(8)16/h2-3,6H,4-5,7,16H2,1H3. The highest BCUT2D eigenvalue weighted by atomic mass is 19.4. The van der Waals surface area contributed by atoms with Crippen LogP contribution in [0.15, 0.2) is 18.2 Å². The summed E-state index contributed by atoms with van der Waals surface area (Å²) >= 11 is 0. The zero-order valence-electron chi connectivity index (χ0n) is 9.39. The molecule has 0 radical (unpaired) electrons. The van der Waals surface area contributed by atoms with E-state index in [1.54, 1.807) is 7.05 Å². The zero-order valence-corrected chi connectivity index (χ0v) is 9.39. The van der Waals surface area contributed by atoms with Gasteiger partial charge in [-0.3, -0.25) is 0 Å². The largest absolute Gasteiger partial charge is 0.398 e. The maximum Gasteiger partial charge on any atom is 0.390 e. The van der Waals surface area contributed by atoms with Gasteiger partial charge in [0.15, 0.2) is 0 Å². The van der Waals surface area contributed by atoms with Crippen LogP contribution in [0.4, 0.5) is 23.2 Å². The summed E-state index contributed by atoms with van der Waals surface area (Å²) in [5.41, 5.74) is 6.44. The Kier molecular flexibility index (Phi) is 4.34. The molecule has 1 rings (SSSR count). The van der Waals surface area contributed by atoms with Crippen LogP contribution < -0.4 is 5.73 Å². The lowest BCUT2D eigenvalue weighted by molar-refractivity contribution is -0.137. The van der Waals surface area contributed by atoms with Crippen LogP contribution in [0.3, 0.4) is 0 Å². The molecular formula is C11H14F4N2. The lowest BCUT2D eigenvalue weighted by atomic mass is 10.1. The molecule has 96 valence electrons. The third-order valence-electron chi connectivity index (χ3n) is 2.33.